The van der Waals surface area contributed by atoms with E-state index in [9.17, 15) is 13.6 Å². The van der Waals surface area contributed by atoms with Crippen LogP contribution in [-0.2, 0) is 16.0 Å². The molecule has 0 bridgehead atoms. The summed E-state index contributed by atoms with van der Waals surface area (Å²) in [5.74, 6) is -1.12. The molecule has 0 radical (unpaired) electrons. The summed E-state index contributed by atoms with van der Waals surface area (Å²) >= 11 is 0. The molecule has 7 heteroatoms. The van der Waals surface area contributed by atoms with Gasteiger partial charge in [-0.3, -0.25) is 4.79 Å². The van der Waals surface area contributed by atoms with E-state index < -0.39 is 11.6 Å². The Balaban J connectivity index is 1.61. The number of nitrogens with zero attached hydrogens (tertiary/aromatic N) is 2. The number of hydrogen-bond acceptors (Lipinski definition) is 4. The summed E-state index contributed by atoms with van der Waals surface area (Å²) < 4.78 is 38.5. The second-order valence-electron chi connectivity index (χ2n) is 5.96. The summed E-state index contributed by atoms with van der Waals surface area (Å²) in [5, 5.41) is 0. The zero-order valence-corrected chi connectivity index (χ0v) is 14.0. The number of oxazole rings is 1. The summed E-state index contributed by atoms with van der Waals surface area (Å²) in [6.45, 7) is 3.73. The number of aryl methyl sites for hydroxylation is 1. The summed E-state index contributed by atoms with van der Waals surface area (Å²) in [4.78, 5) is 18.1. The van der Waals surface area contributed by atoms with Crippen LogP contribution in [0.2, 0.25) is 0 Å². The van der Waals surface area contributed by atoms with Crippen LogP contribution in [0.15, 0.2) is 28.8 Å². The Labute approximate surface area is 144 Å². The van der Waals surface area contributed by atoms with Crippen LogP contribution in [0.1, 0.15) is 25.7 Å². The number of carbonyl (C=O) groups is 1. The first-order chi connectivity index (χ1) is 12.1. The minimum atomic E-state index is -0.710. The van der Waals surface area contributed by atoms with Gasteiger partial charge in [-0.2, -0.15) is 0 Å². The fraction of sp³-hybridized carbons (Fsp3) is 0.444. The molecule has 0 N–H and O–H groups in total. The lowest BCUT2D eigenvalue weighted by Crippen LogP contribution is -2.45. The van der Waals surface area contributed by atoms with Crippen LogP contribution in [0.5, 0.6) is 0 Å². The van der Waals surface area contributed by atoms with Crippen molar-refractivity contribution in [2.24, 2.45) is 0 Å². The number of amides is 1. The maximum Gasteiger partial charge on any atom is 0.223 e. The molecule has 0 aliphatic carbocycles. The van der Waals surface area contributed by atoms with Crippen LogP contribution >= 0.6 is 0 Å². The Hall–Kier alpha value is -2.28. The van der Waals surface area contributed by atoms with E-state index in [1.807, 2.05) is 6.92 Å². The molecule has 2 heterocycles. The number of ether oxygens (including phenoxy) is 1. The van der Waals surface area contributed by atoms with E-state index in [0.717, 1.165) is 18.6 Å². The zero-order valence-electron chi connectivity index (χ0n) is 14.0. The standard InChI is InChI=1S/C18H20F2N2O3/c1-2-12-11-22(8-9-24-12)17(23)7-6-16-21-10-15(25-16)18-13(19)4-3-5-14(18)20/h3-5,10,12H,2,6-9,11H2,1H3/t12-/m1/s1. The molecule has 1 aromatic carbocycles. The molecule has 1 atom stereocenters. The quantitative estimate of drug-likeness (QED) is 0.831. The second kappa shape index (κ2) is 7.74. The van der Waals surface area contributed by atoms with Crippen LogP contribution in [0, 0.1) is 11.6 Å². The predicted molar refractivity (Wildman–Crippen MR) is 86.8 cm³/mol. The van der Waals surface area contributed by atoms with Gasteiger partial charge in [0.1, 0.15) is 11.6 Å². The number of carbonyl (C=O) groups excluding carboxylic acids is 1. The summed E-state index contributed by atoms with van der Waals surface area (Å²) in [5.41, 5.74) is -0.244. The van der Waals surface area contributed by atoms with Gasteiger partial charge in [0.15, 0.2) is 11.7 Å². The van der Waals surface area contributed by atoms with E-state index in [1.54, 1.807) is 4.90 Å². The third-order valence-corrected chi connectivity index (χ3v) is 4.26. The lowest BCUT2D eigenvalue weighted by Gasteiger charge is -2.32. The molecule has 1 fully saturated rings. The molecular formula is C18H20F2N2O3. The first-order valence-corrected chi connectivity index (χ1v) is 8.37. The fourth-order valence-electron chi connectivity index (χ4n) is 2.84. The van der Waals surface area contributed by atoms with Gasteiger partial charge in [0.05, 0.1) is 24.5 Å². The van der Waals surface area contributed by atoms with Crippen molar-refractivity contribution in [1.82, 2.24) is 9.88 Å². The van der Waals surface area contributed by atoms with E-state index >= 15 is 0 Å². The van der Waals surface area contributed by atoms with Crippen molar-refractivity contribution in [3.05, 3.63) is 41.9 Å². The Kier molecular flexibility index (Phi) is 5.43. The topological polar surface area (TPSA) is 55.6 Å². The van der Waals surface area contributed by atoms with Crippen LogP contribution in [0.3, 0.4) is 0 Å². The molecule has 3 rings (SSSR count). The van der Waals surface area contributed by atoms with Crippen LogP contribution < -0.4 is 0 Å². The summed E-state index contributed by atoms with van der Waals surface area (Å²) in [6, 6.07) is 3.61. The molecule has 0 saturated carbocycles. The van der Waals surface area contributed by atoms with Crippen LogP contribution in [0.25, 0.3) is 11.3 Å². The molecule has 0 spiro atoms. The minimum absolute atomic E-state index is 0.00132. The third kappa shape index (κ3) is 4.04. The zero-order chi connectivity index (χ0) is 17.8. The smallest absolute Gasteiger partial charge is 0.223 e. The average molecular weight is 350 g/mol. The normalized spacial score (nSPS) is 17.7. The van der Waals surface area contributed by atoms with Crippen molar-refractivity contribution in [1.29, 1.82) is 0 Å². The minimum Gasteiger partial charge on any atom is -0.441 e. The molecule has 0 unspecified atom stereocenters. The van der Waals surface area contributed by atoms with Gasteiger partial charge in [-0.15, -0.1) is 0 Å². The highest BCUT2D eigenvalue weighted by Crippen LogP contribution is 2.26. The molecule has 1 aliphatic rings. The van der Waals surface area contributed by atoms with Gasteiger partial charge >= 0.3 is 0 Å². The number of halogens is 2. The summed E-state index contributed by atoms with van der Waals surface area (Å²) in [7, 11) is 0. The Bertz CT molecular complexity index is 727. The van der Waals surface area contributed by atoms with Crippen molar-refractivity contribution in [3.63, 3.8) is 0 Å². The van der Waals surface area contributed by atoms with E-state index in [1.165, 1.54) is 12.3 Å². The van der Waals surface area contributed by atoms with Crippen molar-refractivity contribution in [2.75, 3.05) is 19.7 Å². The van der Waals surface area contributed by atoms with Crippen LogP contribution in [0.4, 0.5) is 8.78 Å². The maximum absolute atomic E-state index is 13.8. The third-order valence-electron chi connectivity index (χ3n) is 4.26. The van der Waals surface area contributed by atoms with Gasteiger partial charge in [-0.25, -0.2) is 13.8 Å². The molecular weight excluding hydrogens is 330 g/mol. The van der Waals surface area contributed by atoms with Gasteiger partial charge in [0.2, 0.25) is 5.91 Å². The number of morpholine rings is 1. The van der Waals surface area contributed by atoms with Crippen LogP contribution in [-0.4, -0.2) is 41.6 Å². The monoisotopic (exact) mass is 350 g/mol. The number of benzene rings is 1. The van der Waals surface area contributed by atoms with E-state index in [0.29, 0.717) is 19.7 Å². The number of aromatic nitrogens is 1. The highest BCUT2D eigenvalue weighted by molar-refractivity contribution is 5.76. The number of rotatable bonds is 5. The second-order valence-corrected chi connectivity index (χ2v) is 5.96. The lowest BCUT2D eigenvalue weighted by atomic mass is 10.1. The highest BCUT2D eigenvalue weighted by Gasteiger charge is 2.23. The molecule has 2 aromatic rings. The van der Waals surface area contributed by atoms with Crippen molar-refractivity contribution < 1.29 is 22.7 Å². The molecule has 134 valence electrons. The summed E-state index contributed by atoms with van der Waals surface area (Å²) in [6.07, 6.45) is 2.73. The van der Waals surface area contributed by atoms with Crippen molar-refractivity contribution >= 4 is 5.91 Å². The Morgan fingerprint density at radius 1 is 1.36 bits per heavy atom. The van der Waals surface area contributed by atoms with Gasteiger partial charge in [0.25, 0.3) is 0 Å². The van der Waals surface area contributed by atoms with Gasteiger partial charge in [0, 0.05) is 25.9 Å². The largest absolute Gasteiger partial charge is 0.441 e. The molecule has 25 heavy (non-hydrogen) atoms. The van der Waals surface area contributed by atoms with Gasteiger partial charge in [-0.05, 0) is 18.6 Å². The molecule has 1 saturated heterocycles. The first kappa shape index (κ1) is 17.5. The lowest BCUT2D eigenvalue weighted by molar-refractivity contribution is -0.138. The molecule has 1 aliphatic heterocycles. The highest BCUT2D eigenvalue weighted by atomic mass is 19.1. The first-order valence-electron chi connectivity index (χ1n) is 8.37. The van der Waals surface area contributed by atoms with E-state index in [2.05, 4.69) is 4.98 Å². The predicted octanol–water partition coefficient (Wildman–Crippen LogP) is 3.19. The average Bonchev–Trinajstić information content (AvgIpc) is 3.08. The molecule has 1 aromatic heterocycles. The molecule has 1 amide bonds. The fourth-order valence-corrected chi connectivity index (χ4v) is 2.84. The van der Waals surface area contributed by atoms with Crippen molar-refractivity contribution in [3.8, 4) is 11.3 Å². The Morgan fingerprint density at radius 2 is 2.12 bits per heavy atom. The van der Waals surface area contributed by atoms with Gasteiger partial charge < -0.3 is 14.1 Å². The SMILES string of the molecule is CC[C@@H]1CN(C(=O)CCc2ncc(-c3c(F)cccc3F)o2)CCO1. The van der Waals surface area contributed by atoms with Gasteiger partial charge in [-0.1, -0.05) is 13.0 Å². The number of hydrogen-bond donors (Lipinski definition) is 0. The molecule has 5 nitrogen and oxygen atoms in total. The van der Waals surface area contributed by atoms with E-state index in [4.69, 9.17) is 9.15 Å². The van der Waals surface area contributed by atoms with Crippen molar-refractivity contribution in [2.45, 2.75) is 32.3 Å². The maximum atomic E-state index is 13.8. The Morgan fingerprint density at radius 3 is 2.84 bits per heavy atom. The van der Waals surface area contributed by atoms with E-state index in [-0.39, 0.29) is 42.1 Å².